The number of ether oxygens (including phenoxy) is 1. The van der Waals surface area contributed by atoms with Crippen molar-refractivity contribution in [3.8, 4) is 0 Å². The van der Waals surface area contributed by atoms with Gasteiger partial charge in [0.15, 0.2) is 0 Å². The number of carbonyl (C=O) groups is 1. The molecule has 0 amide bonds. The summed E-state index contributed by atoms with van der Waals surface area (Å²) in [4.78, 5) is 15.8. The Morgan fingerprint density at radius 3 is 2.76 bits per heavy atom. The van der Waals surface area contributed by atoms with Gasteiger partial charge < -0.3 is 4.74 Å². The van der Waals surface area contributed by atoms with Crippen LogP contribution >= 0.6 is 43.2 Å². The van der Waals surface area contributed by atoms with Gasteiger partial charge in [0.1, 0.15) is 5.01 Å². The average Bonchev–Trinajstić information content (AvgIpc) is 2.69. The fourth-order valence-corrected chi connectivity index (χ4v) is 3.49. The molecule has 2 rings (SSSR count). The standard InChI is InChI=1S/C11H9Br2NO2S/c1-2-16-9(15)5-8-14-10-6(12)3-4-7(13)11(10)17-8/h3-4H,2,5H2,1H3. The van der Waals surface area contributed by atoms with Gasteiger partial charge in [0, 0.05) is 8.95 Å². The van der Waals surface area contributed by atoms with E-state index in [-0.39, 0.29) is 12.4 Å². The van der Waals surface area contributed by atoms with E-state index in [1.54, 1.807) is 6.92 Å². The zero-order valence-electron chi connectivity index (χ0n) is 9.00. The minimum Gasteiger partial charge on any atom is -0.466 e. The van der Waals surface area contributed by atoms with Crippen LogP contribution in [-0.2, 0) is 16.0 Å². The first-order valence-corrected chi connectivity index (χ1v) is 7.41. The molecule has 0 unspecified atom stereocenters. The maximum Gasteiger partial charge on any atom is 0.312 e. The van der Waals surface area contributed by atoms with Crippen molar-refractivity contribution < 1.29 is 9.53 Å². The maximum atomic E-state index is 11.4. The molecule has 0 N–H and O–H groups in total. The molecule has 0 fully saturated rings. The molecule has 0 saturated carbocycles. The highest BCUT2D eigenvalue weighted by Gasteiger charge is 2.13. The van der Waals surface area contributed by atoms with Crippen molar-refractivity contribution in [1.82, 2.24) is 4.98 Å². The Labute approximate surface area is 119 Å². The molecule has 0 atom stereocenters. The summed E-state index contributed by atoms with van der Waals surface area (Å²) < 4.78 is 7.87. The molecule has 90 valence electrons. The highest BCUT2D eigenvalue weighted by molar-refractivity contribution is 9.11. The molecular weight excluding hydrogens is 370 g/mol. The molecule has 3 nitrogen and oxygen atoms in total. The van der Waals surface area contributed by atoms with Crippen LogP contribution in [0.2, 0.25) is 0 Å². The van der Waals surface area contributed by atoms with Crippen LogP contribution in [0, 0.1) is 0 Å². The molecule has 0 aliphatic rings. The van der Waals surface area contributed by atoms with Crippen LogP contribution in [0.3, 0.4) is 0 Å². The molecule has 0 aliphatic heterocycles. The fourth-order valence-electron chi connectivity index (χ4n) is 1.40. The highest BCUT2D eigenvalue weighted by Crippen LogP contribution is 2.34. The Balaban J connectivity index is 2.35. The van der Waals surface area contributed by atoms with Crippen molar-refractivity contribution >= 4 is 59.4 Å². The zero-order valence-corrected chi connectivity index (χ0v) is 13.0. The van der Waals surface area contributed by atoms with E-state index in [0.29, 0.717) is 6.61 Å². The van der Waals surface area contributed by atoms with Gasteiger partial charge in [-0.1, -0.05) is 0 Å². The maximum absolute atomic E-state index is 11.4. The van der Waals surface area contributed by atoms with Gasteiger partial charge in [0.05, 0.1) is 23.2 Å². The summed E-state index contributed by atoms with van der Waals surface area (Å²) in [7, 11) is 0. The Morgan fingerprint density at radius 1 is 1.41 bits per heavy atom. The van der Waals surface area contributed by atoms with E-state index in [9.17, 15) is 4.79 Å². The summed E-state index contributed by atoms with van der Waals surface area (Å²) in [5.74, 6) is -0.237. The van der Waals surface area contributed by atoms with E-state index in [2.05, 4.69) is 36.8 Å². The van der Waals surface area contributed by atoms with E-state index in [1.165, 1.54) is 11.3 Å². The van der Waals surface area contributed by atoms with E-state index in [0.717, 1.165) is 24.2 Å². The second-order valence-corrected chi connectivity index (χ2v) is 6.09. The smallest absolute Gasteiger partial charge is 0.312 e. The van der Waals surface area contributed by atoms with Crippen LogP contribution < -0.4 is 0 Å². The van der Waals surface area contributed by atoms with Crippen LogP contribution in [0.25, 0.3) is 10.2 Å². The number of rotatable bonds is 3. The highest BCUT2D eigenvalue weighted by atomic mass is 79.9. The third-order valence-corrected chi connectivity index (χ3v) is 4.74. The number of benzene rings is 1. The Kier molecular flexibility index (Phi) is 4.17. The number of nitrogens with zero attached hydrogens (tertiary/aromatic N) is 1. The number of esters is 1. The van der Waals surface area contributed by atoms with Crippen LogP contribution in [0.4, 0.5) is 0 Å². The summed E-state index contributed by atoms with van der Waals surface area (Å²) >= 11 is 8.43. The number of aromatic nitrogens is 1. The lowest BCUT2D eigenvalue weighted by Gasteiger charge is -1.97. The van der Waals surface area contributed by atoms with Gasteiger partial charge in [-0.25, -0.2) is 4.98 Å². The van der Waals surface area contributed by atoms with Crippen molar-refractivity contribution in [2.75, 3.05) is 6.61 Å². The van der Waals surface area contributed by atoms with Gasteiger partial charge in [-0.2, -0.15) is 0 Å². The normalized spacial score (nSPS) is 10.8. The van der Waals surface area contributed by atoms with Gasteiger partial charge in [0.2, 0.25) is 0 Å². The first-order valence-electron chi connectivity index (χ1n) is 5.01. The molecule has 0 spiro atoms. The predicted molar refractivity (Wildman–Crippen MR) is 75.4 cm³/mol. The monoisotopic (exact) mass is 377 g/mol. The Hall–Kier alpha value is -0.460. The van der Waals surface area contributed by atoms with E-state index >= 15 is 0 Å². The molecule has 17 heavy (non-hydrogen) atoms. The van der Waals surface area contributed by atoms with E-state index in [1.807, 2.05) is 12.1 Å². The summed E-state index contributed by atoms with van der Waals surface area (Å²) in [6.45, 7) is 2.19. The molecule has 0 saturated heterocycles. The van der Waals surface area contributed by atoms with Gasteiger partial charge in [-0.15, -0.1) is 11.3 Å². The van der Waals surface area contributed by atoms with Crippen LogP contribution in [0.5, 0.6) is 0 Å². The fraction of sp³-hybridized carbons (Fsp3) is 0.273. The van der Waals surface area contributed by atoms with E-state index < -0.39 is 0 Å². The third kappa shape index (κ3) is 2.86. The summed E-state index contributed by atoms with van der Waals surface area (Å²) in [5, 5.41) is 0.769. The van der Waals surface area contributed by atoms with Gasteiger partial charge in [0.25, 0.3) is 0 Å². The quantitative estimate of drug-likeness (QED) is 0.759. The first kappa shape index (κ1) is 13.0. The lowest BCUT2D eigenvalue weighted by atomic mass is 10.3. The molecular formula is C11H9Br2NO2S. The SMILES string of the molecule is CCOC(=O)Cc1nc2c(Br)ccc(Br)c2s1. The molecule has 1 heterocycles. The predicted octanol–water partition coefficient (Wildman–Crippen LogP) is 3.93. The third-order valence-electron chi connectivity index (χ3n) is 2.09. The summed E-state index contributed by atoms with van der Waals surface area (Å²) in [6.07, 6.45) is 0.228. The van der Waals surface area contributed by atoms with Gasteiger partial charge in [-0.3, -0.25) is 4.79 Å². The second kappa shape index (κ2) is 5.46. The molecule has 6 heteroatoms. The number of fused-ring (bicyclic) bond motifs is 1. The minimum absolute atomic E-state index is 0.228. The van der Waals surface area contributed by atoms with Crippen LogP contribution in [0.15, 0.2) is 21.1 Å². The number of halogens is 2. The largest absolute Gasteiger partial charge is 0.466 e. The summed E-state index contributed by atoms with van der Waals surface area (Å²) in [6, 6.07) is 3.89. The Morgan fingerprint density at radius 2 is 2.12 bits per heavy atom. The molecule has 2 aromatic rings. The number of thiazole rings is 1. The van der Waals surface area contributed by atoms with Crippen LogP contribution in [0.1, 0.15) is 11.9 Å². The van der Waals surface area contributed by atoms with Gasteiger partial charge >= 0.3 is 5.97 Å². The zero-order chi connectivity index (χ0) is 12.4. The van der Waals surface area contributed by atoms with Crippen LogP contribution in [-0.4, -0.2) is 17.6 Å². The van der Waals surface area contributed by atoms with E-state index in [4.69, 9.17) is 4.74 Å². The van der Waals surface area contributed by atoms with Crippen molar-refractivity contribution in [3.63, 3.8) is 0 Å². The summed E-state index contributed by atoms with van der Waals surface area (Å²) in [5.41, 5.74) is 0.878. The van der Waals surface area contributed by atoms with Crippen molar-refractivity contribution in [1.29, 1.82) is 0 Å². The molecule has 1 aromatic heterocycles. The molecule has 1 aromatic carbocycles. The average molecular weight is 379 g/mol. The lowest BCUT2D eigenvalue weighted by molar-refractivity contribution is -0.142. The minimum atomic E-state index is -0.237. The van der Waals surface area contributed by atoms with Gasteiger partial charge in [-0.05, 0) is 50.9 Å². The second-order valence-electron chi connectivity index (χ2n) is 3.30. The van der Waals surface area contributed by atoms with Crippen molar-refractivity contribution in [2.45, 2.75) is 13.3 Å². The van der Waals surface area contributed by atoms with Crippen molar-refractivity contribution in [2.24, 2.45) is 0 Å². The molecule has 0 bridgehead atoms. The first-order chi connectivity index (χ1) is 8.11. The molecule has 0 radical (unpaired) electrons. The number of hydrogen-bond acceptors (Lipinski definition) is 4. The molecule has 0 aliphatic carbocycles. The lowest BCUT2D eigenvalue weighted by Crippen LogP contribution is -2.06. The number of hydrogen-bond donors (Lipinski definition) is 0. The van der Waals surface area contributed by atoms with Crippen molar-refractivity contribution in [3.05, 3.63) is 26.1 Å². The topological polar surface area (TPSA) is 39.2 Å². The Bertz CT molecular complexity index is 529. The number of carbonyl (C=O) groups excluding carboxylic acids is 1.